The average molecular weight is 408 g/mol. The van der Waals surface area contributed by atoms with E-state index in [-0.39, 0.29) is 16.3 Å². The summed E-state index contributed by atoms with van der Waals surface area (Å²) in [5, 5.41) is 9.47. The zero-order valence-electron chi connectivity index (χ0n) is 15.4. The largest absolute Gasteiger partial charge is 0.497 e. The van der Waals surface area contributed by atoms with Gasteiger partial charge < -0.3 is 9.47 Å². The quantitative estimate of drug-likeness (QED) is 0.233. The predicted molar refractivity (Wildman–Crippen MR) is 109 cm³/mol. The molecule has 0 amide bonds. The molecule has 0 aromatic heterocycles. The topological polar surface area (TPSA) is 59.3 Å². The molecule has 0 bridgehead atoms. The number of nitriles is 1. The lowest BCUT2D eigenvalue weighted by atomic mass is 10.0. The molecule has 0 heterocycles. The number of hydrogen-bond donors (Lipinski definition) is 0. The Morgan fingerprint density at radius 3 is 2.45 bits per heavy atom. The van der Waals surface area contributed by atoms with Crippen molar-refractivity contribution in [2.75, 3.05) is 7.11 Å². The van der Waals surface area contributed by atoms with Crippen molar-refractivity contribution in [3.05, 3.63) is 94.3 Å². The summed E-state index contributed by atoms with van der Waals surface area (Å²) in [5.74, 6) is -0.767. The Labute approximate surface area is 172 Å². The molecule has 0 aliphatic carbocycles. The van der Waals surface area contributed by atoms with E-state index in [0.717, 1.165) is 6.07 Å². The molecule has 0 fully saturated rings. The molecule has 0 aliphatic rings. The van der Waals surface area contributed by atoms with Crippen LogP contribution in [0.2, 0.25) is 5.02 Å². The lowest BCUT2D eigenvalue weighted by molar-refractivity contribution is 0.0730. The molecule has 3 aromatic carbocycles. The summed E-state index contributed by atoms with van der Waals surface area (Å²) in [6.45, 7) is 0. The summed E-state index contributed by atoms with van der Waals surface area (Å²) >= 11 is 5.90. The van der Waals surface area contributed by atoms with Gasteiger partial charge in [0.1, 0.15) is 22.9 Å². The number of nitrogens with zero attached hydrogens (tertiary/aromatic N) is 1. The van der Waals surface area contributed by atoms with Gasteiger partial charge in [-0.05, 0) is 65.7 Å². The van der Waals surface area contributed by atoms with Crippen LogP contribution in [0.25, 0.3) is 11.6 Å². The lowest BCUT2D eigenvalue weighted by Gasteiger charge is -2.08. The fourth-order valence-corrected chi connectivity index (χ4v) is 2.88. The third kappa shape index (κ3) is 4.81. The number of halogens is 2. The van der Waals surface area contributed by atoms with E-state index in [0.29, 0.717) is 22.4 Å². The maximum atomic E-state index is 13.9. The van der Waals surface area contributed by atoms with Gasteiger partial charge in [0.25, 0.3) is 0 Å². The Bertz CT molecular complexity index is 1100. The van der Waals surface area contributed by atoms with Crippen molar-refractivity contribution in [3.63, 3.8) is 0 Å². The molecular formula is C23H15ClFNO3. The van der Waals surface area contributed by atoms with Gasteiger partial charge in [0, 0.05) is 0 Å². The minimum absolute atomic E-state index is 0.0303. The minimum Gasteiger partial charge on any atom is -0.497 e. The van der Waals surface area contributed by atoms with Crippen molar-refractivity contribution in [2.24, 2.45) is 0 Å². The molecule has 29 heavy (non-hydrogen) atoms. The maximum absolute atomic E-state index is 13.9. The number of carbonyl (C=O) groups is 1. The van der Waals surface area contributed by atoms with E-state index in [4.69, 9.17) is 21.1 Å². The fourth-order valence-electron chi connectivity index (χ4n) is 2.64. The van der Waals surface area contributed by atoms with Gasteiger partial charge >= 0.3 is 5.97 Å². The lowest BCUT2D eigenvalue weighted by Crippen LogP contribution is -2.11. The number of benzene rings is 3. The Morgan fingerprint density at radius 2 is 1.79 bits per heavy atom. The molecule has 0 aliphatic heterocycles. The first-order valence-electron chi connectivity index (χ1n) is 8.54. The molecule has 144 valence electrons. The van der Waals surface area contributed by atoms with Crippen LogP contribution in [0.4, 0.5) is 4.39 Å². The van der Waals surface area contributed by atoms with Crippen molar-refractivity contribution < 1.29 is 18.7 Å². The normalized spacial score (nSPS) is 10.9. The van der Waals surface area contributed by atoms with Gasteiger partial charge in [0.05, 0.1) is 23.8 Å². The second-order valence-corrected chi connectivity index (χ2v) is 6.36. The molecule has 0 saturated carbocycles. The number of allylic oxidation sites excluding steroid dienone is 1. The van der Waals surface area contributed by atoms with E-state index in [2.05, 4.69) is 6.07 Å². The predicted octanol–water partition coefficient (Wildman–Crippen LogP) is 5.77. The average Bonchev–Trinajstić information content (AvgIpc) is 2.72. The minimum atomic E-state index is -0.898. The zero-order chi connectivity index (χ0) is 20.8. The third-order valence-corrected chi connectivity index (χ3v) is 4.38. The fraction of sp³-hybridized carbons (Fsp3) is 0.0435. The number of carbonyl (C=O) groups excluding carboxylic acids is 1. The highest BCUT2D eigenvalue weighted by Crippen LogP contribution is 2.25. The molecule has 0 N–H and O–H groups in total. The van der Waals surface area contributed by atoms with Crippen LogP contribution in [-0.2, 0) is 0 Å². The van der Waals surface area contributed by atoms with Crippen molar-refractivity contribution in [1.82, 2.24) is 0 Å². The summed E-state index contributed by atoms with van der Waals surface area (Å²) < 4.78 is 24.3. The monoisotopic (exact) mass is 407 g/mol. The van der Waals surface area contributed by atoms with Crippen molar-refractivity contribution >= 4 is 29.2 Å². The molecule has 0 atom stereocenters. The number of esters is 1. The van der Waals surface area contributed by atoms with E-state index in [1.54, 1.807) is 61.7 Å². The molecule has 4 nitrogen and oxygen atoms in total. The van der Waals surface area contributed by atoms with Gasteiger partial charge in [0.2, 0.25) is 0 Å². The Hall–Kier alpha value is -3.62. The summed E-state index contributed by atoms with van der Waals surface area (Å²) in [6.07, 6.45) is 1.66. The van der Waals surface area contributed by atoms with E-state index in [1.165, 1.54) is 12.1 Å². The van der Waals surface area contributed by atoms with Crippen LogP contribution >= 0.6 is 11.6 Å². The van der Waals surface area contributed by atoms with Gasteiger partial charge in [0.15, 0.2) is 0 Å². The maximum Gasteiger partial charge on any atom is 0.348 e. The highest BCUT2D eigenvalue weighted by atomic mass is 35.5. The highest BCUT2D eigenvalue weighted by molar-refractivity contribution is 6.33. The molecule has 0 radical (unpaired) electrons. The number of hydrogen-bond acceptors (Lipinski definition) is 4. The molecule has 6 heteroatoms. The third-order valence-electron chi connectivity index (χ3n) is 4.07. The SMILES string of the molecule is COc1ccc(/C(C#N)=C\c2cccc(OC(=O)c3c(F)cccc3Cl)c2)cc1. The van der Waals surface area contributed by atoms with Crippen LogP contribution < -0.4 is 9.47 Å². The standard InChI is InChI=1S/C23H15ClFNO3/c1-28-18-10-8-16(9-11-18)17(14-26)12-15-4-2-5-19(13-15)29-23(27)22-20(24)6-3-7-21(22)25/h2-13H,1H3/b17-12-. The van der Waals surface area contributed by atoms with Gasteiger partial charge in [-0.1, -0.05) is 29.8 Å². The summed E-state index contributed by atoms with van der Waals surface area (Å²) in [6, 6.07) is 19.7. The molecule has 0 unspecified atom stereocenters. The molecule has 3 aromatic rings. The molecular weight excluding hydrogens is 393 g/mol. The zero-order valence-corrected chi connectivity index (χ0v) is 16.1. The smallest absolute Gasteiger partial charge is 0.348 e. The van der Waals surface area contributed by atoms with E-state index in [1.807, 2.05) is 0 Å². The number of rotatable bonds is 5. The Morgan fingerprint density at radius 1 is 1.07 bits per heavy atom. The van der Waals surface area contributed by atoms with Gasteiger partial charge in [-0.3, -0.25) is 0 Å². The second-order valence-electron chi connectivity index (χ2n) is 5.96. The van der Waals surface area contributed by atoms with Crippen LogP contribution in [0.15, 0.2) is 66.7 Å². The van der Waals surface area contributed by atoms with E-state index in [9.17, 15) is 14.4 Å². The van der Waals surface area contributed by atoms with Crippen LogP contribution in [0.1, 0.15) is 21.5 Å². The van der Waals surface area contributed by atoms with Crippen molar-refractivity contribution in [3.8, 4) is 17.6 Å². The van der Waals surface area contributed by atoms with E-state index >= 15 is 0 Å². The summed E-state index contributed by atoms with van der Waals surface area (Å²) in [5.41, 5.74) is 1.45. The molecule has 0 saturated heterocycles. The summed E-state index contributed by atoms with van der Waals surface area (Å²) in [4.78, 5) is 12.3. The first-order chi connectivity index (χ1) is 14.0. The van der Waals surface area contributed by atoms with Gasteiger partial charge in [-0.2, -0.15) is 5.26 Å². The molecule has 0 spiro atoms. The van der Waals surface area contributed by atoms with Gasteiger partial charge in [-0.25, -0.2) is 9.18 Å². The van der Waals surface area contributed by atoms with Crippen LogP contribution in [0.3, 0.4) is 0 Å². The first kappa shape index (κ1) is 20.1. The number of methoxy groups -OCH3 is 1. The highest BCUT2D eigenvalue weighted by Gasteiger charge is 2.18. The van der Waals surface area contributed by atoms with Crippen LogP contribution in [0.5, 0.6) is 11.5 Å². The second kappa shape index (κ2) is 9.05. The Kier molecular flexibility index (Phi) is 6.28. The molecule has 3 rings (SSSR count). The van der Waals surface area contributed by atoms with Crippen molar-refractivity contribution in [1.29, 1.82) is 5.26 Å². The van der Waals surface area contributed by atoms with Crippen LogP contribution in [0, 0.1) is 17.1 Å². The Balaban J connectivity index is 1.85. The first-order valence-corrected chi connectivity index (χ1v) is 8.92. The number of ether oxygens (including phenoxy) is 2. The van der Waals surface area contributed by atoms with Gasteiger partial charge in [-0.15, -0.1) is 0 Å². The summed E-state index contributed by atoms with van der Waals surface area (Å²) in [7, 11) is 1.57. The van der Waals surface area contributed by atoms with Crippen LogP contribution in [-0.4, -0.2) is 13.1 Å². The van der Waals surface area contributed by atoms with E-state index < -0.39 is 11.8 Å². The van der Waals surface area contributed by atoms with Crippen molar-refractivity contribution in [2.45, 2.75) is 0 Å².